The molecule has 0 N–H and O–H groups in total. The Morgan fingerprint density at radius 2 is 1.71 bits per heavy atom. The molecule has 3 rings (SSSR count). The minimum atomic E-state index is -0.154. The van der Waals surface area contributed by atoms with Crippen molar-refractivity contribution >= 4 is 50.5 Å². The molecule has 0 unspecified atom stereocenters. The summed E-state index contributed by atoms with van der Waals surface area (Å²) in [7, 11) is 1.71. The van der Waals surface area contributed by atoms with Crippen molar-refractivity contribution in [1.82, 2.24) is 4.57 Å². The molecule has 106 valence electrons. The van der Waals surface area contributed by atoms with Crippen molar-refractivity contribution in [1.29, 1.82) is 0 Å². The SMILES string of the molecule is Cn1c(=O)sc2cc(C(=O)c3ccc(Cl)c(Cl)c3)ccc21. The molecule has 0 radical (unpaired) electrons. The summed E-state index contributed by atoms with van der Waals surface area (Å²) in [5.41, 5.74) is 1.80. The predicted molar refractivity (Wildman–Crippen MR) is 87.0 cm³/mol. The number of carbonyl (C=O) groups is 1. The van der Waals surface area contributed by atoms with E-state index in [1.54, 1.807) is 48.0 Å². The van der Waals surface area contributed by atoms with Crippen molar-refractivity contribution in [2.24, 2.45) is 7.05 Å². The molecular weight excluding hydrogens is 329 g/mol. The van der Waals surface area contributed by atoms with E-state index in [9.17, 15) is 9.59 Å². The Morgan fingerprint density at radius 3 is 2.43 bits per heavy atom. The molecule has 2 aromatic carbocycles. The fourth-order valence-electron chi connectivity index (χ4n) is 2.08. The van der Waals surface area contributed by atoms with Crippen LogP contribution >= 0.6 is 34.5 Å². The van der Waals surface area contributed by atoms with E-state index in [0.29, 0.717) is 21.2 Å². The van der Waals surface area contributed by atoms with E-state index in [1.165, 1.54) is 0 Å². The summed E-state index contributed by atoms with van der Waals surface area (Å²) in [6.07, 6.45) is 0. The lowest BCUT2D eigenvalue weighted by atomic mass is 10.0. The zero-order chi connectivity index (χ0) is 15.1. The standard InChI is InChI=1S/C15H9Cl2NO2S/c1-18-12-5-3-9(7-13(12)21-15(18)20)14(19)8-2-4-10(16)11(17)6-8/h2-7H,1H3. The summed E-state index contributed by atoms with van der Waals surface area (Å²) < 4.78 is 2.35. The molecule has 0 bridgehead atoms. The third-order valence-corrected chi connectivity index (χ3v) is 4.97. The number of hydrogen-bond acceptors (Lipinski definition) is 3. The van der Waals surface area contributed by atoms with E-state index in [-0.39, 0.29) is 10.7 Å². The first-order valence-electron chi connectivity index (χ1n) is 6.06. The zero-order valence-corrected chi connectivity index (χ0v) is 13.2. The zero-order valence-electron chi connectivity index (χ0n) is 10.9. The normalized spacial score (nSPS) is 11.0. The number of aryl methyl sites for hydroxylation is 1. The van der Waals surface area contributed by atoms with Crippen LogP contribution in [0.5, 0.6) is 0 Å². The molecule has 1 aromatic heterocycles. The van der Waals surface area contributed by atoms with E-state index < -0.39 is 0 Å². The molecule has 0 saturated heterocycles. The van der Waals surface area contributed by atoms with Crippen LogP contribution in [0.3, 0.4) is 0 Å². The summed E-state index contributed by atoms with van der Waals surface area (Å²) in [6, 6.07) is 9.98. The van der Waals surface area contributed by atoms with E-state index in [2.05, 4.69) is 0 Å². The summed E-state index contributed by atoms with van der Waals surface area (Å²) in [5.74, 6) is -0.154. The summed E-state index contributed by atoms with van der Waals surface area (Å²) >= 11 is 12.9. The highest BCUT2D eigenvalue weighted by Crippen LogP contribution is 2.25. The van der Waals surface area contributed by atoms with Gasteiger partial charge >= 0.3 is 4.87 Å². The maximum Gasteiger partial charge on any atom is 0.307 e. The Hall–Kier alpha value is -1.62. The van der Waals surface area contributed by atoms with Gasteiger partial charge in [-0.05, 0) is 36.4 Å². The highest BCUT2D eigenvalue weighted by Gasteiger charge is 2.13. The van der Waals surface area contributed by atoms with Gasteiger partial charge in [-0.1, -0.05) is 34.5 Å². The van der Waals surface area contributed by atoms with Crippen LogP contribution in [0.25, 0.3) is 10.2 Å². The molecule has 21 heavy (non-hydrogen) atoms. The second kappa shape index (κ2) is 5.30. The quantitative estimate of drug-likeness (QED) is 0.659. The van der Waals surface area contributed by atoms with E-state index >= 15 is 0 Å². The first kappa shape index (κ1) is 14.3. The van der Waals surface area contributed by atoms with E-state index in [4.69, 9.17) is 23.2 Å². The van der Waals surface area contributed by atoms with Gasteiger partial charge in [0.1, 0.15) is 0 Å². The second-order valence-electron chi connectivity index (χ2n) is 4.57. The Balaban J connectivity index is 2.09. The number of rotatable bonds is 2. The number of carbonyl (C=O) groups excluding carboxylic acids is 1. The van der Waals surface area contributed by atoms with Crippen LogP contribution in [-0.2, 0) is 7.05 Å². The highest BCUT2D eigenvalue weighted by atomic mass is 35.5. The van der Waals surface area contributed by atoms with Crippen molar-refractivity contribution < 1.29 is 4.79 Å². The van der Waals surface area contributed by atoms with Gasteiger partial charge in [0, 0.05) is 18.2 Å². The molecule has 0 aliphatic carbocycles. The minimum absolute atomic E-state index is 0.0517. The van der Waals surface area contributed by atoms with Crippen molar-refractivity contribution in [3.05, 3.63) is 67.2 Å². The molecule has 6 heteroatoms. The number of fused-ring (bicyclic) bond motifs is 1. The van der Waals surface area contributed by atoms with Gasteiger partial charge in [0.2, 0.25) is 0 Å². The highest BCUT2D eigenvalue weighted by molar-refractivity contribution is 7.16. The number of benzene rings is 2. The summed E-state index contributed by atoms with van der Waals surface area (Å²) in [6.45, 7) is 0. The van der Waals surface area contributed by atoms with Crippen LogP contribution in [0.4, 0.5) is 0 Å². The van der Waals surface area contributed by atoms with Gasteiger partial charge in [-0.2, -0.15) is 0 Å². The Morgan fingerprint density at radius 1 is 1.05 bits per heavy atom. The average molecular weight is 338 g/mol. The molecule has 0 aliphatic rings. The Labute approximate surface area is 134 Å². The van der Waals surface area contributed by atoms with Crippen LogP contribution in [0.15, 0.2) is 41.2 Å². The maximum absolute atomic E-state index is 12.5. The van der Waals surface area contributed by atoms with Crippen molar-refractivity contribution in [3.8, 4) is 0 Å². The van der Waals surface area contributed by atoms with Gasteiger partial charge in [-0.25, -0.2) is 0 Å². The molecule has 0 spiro atoms. The van der Waals surface area contributed by atoms with Crippen molar-refractivity contribution in [2.45, 2.75) is 0 Å². The smallest absolute Gasteiger partial charge is 0.302 e. The van der Waals surface area contributed by atoms with Gasteiger partial charge in [0.15, 0.2) is 5.78 Å². The number of ketones is 1. The largest absolute Gasteiger partial charge is 0.307 e. The number of halogens is 2. The fourth-order valence-corrected chi connectivity index (χ4v) is 3.30. The van der Waals surface area contributed by atoms with Gasteiger partial charge in [0.05, 0.1) is 20.3 Å². The van der Waals surface area contributed by atoms with Crippen LogP contribution in [-0.4, -0.2) is 10.4 Å². The third kappa shape index (κ3) is 2.50. The molecule has 0 amide bonds. The third-order valence-electron chi connectivity index (χ3n) is 3.24. The number of hydrogen-bond donors (Lipinski definition) is 0. The summed E-state index contributed by atoms with van der Waals surface area (Å²) in [5, 5.41) is 0.748. The molecule has 0 fully saturated rings. The van der Waals surface area contributed by atoms with Crippen LogP contribution in [0.1, 0.15) is 15.9 Å². The van der Waals surface area contributed by atoms with Crippen molar-refractivity contribution in [2.75, 3.05) is 0 Å². The first-order chi connectivity index (χ1) is 9.97. The summed E-state index contributed by atoms with van der Waals surface area (Å²) in [4.78, 5) is 24.0. The first-order valence-corrected chi connectivity index (χ1v) is 7.64. The van der Waals surface area contributed by atoms with Crippen LogP contribution < -0.4 is 4.87 Å². The Kier molecular flexibility index (Phi) is 3.61. The molecule has 0 saturated carbocycles. The monoisotopic (exact) mass is 337 g/mol. The molecule has 3 nitrogen and oxygen atoms in total. The topological polar surface area (TPSA) is 39.1 Å². The number of nitrogens with zero attached hydrogens (tertiary/aromatic N) is 1. The van der Waals surface area contributed by atoms with Gasteiger partial charge in [-0.15, -0.1) is 0 Å². The van der Waals surface area contributed by atoms with Gasteiger partial charge < -0.3 is 4.57 Å². The Bertz CT molecular complexity index is 927. The molecule has 0 aliphatic heterocycles. The predicted octanol–water partition coefficient (Wildman–Crippen LogP) is 4.14. The number of thiazole rings is 1. The van der Waals surface area contributed by atoms with Gasteiger partial charge in [0.25, 0.3) is 0 Å². The van der Waals surface area contributed by atoms with Crippen molar-refractivity contribution in [3.63, 3.8) is 0 Å². The molecule has 1 heterocycles. The number of aromatic nitrogens is 1. The second-order valence-corrected chi connectivity index (χ2v) is 6.38. The van der Waals surface area contributed by atoms with Crippen LogP contribution in [0.2, 0.25) is 10.0 Å². The lowest BCUT2D eigenvalue weighted by Gasteiger charge is -2.03. The lowest BCUT2D eigenvalue weighted by molar-refractivity contribution is 0.103. The van der Waals surface area contributed by atoms with E-state index in [1.807, 2.05) is 0 Å². The maximum atomic E-state index is 12.5. The lowest BCUT2D eigenvalue weighted by Crippen LogP contribution is -2.06. The average Bonchev–Trinajstić information content (AvgIpc) is 2.76. The molecule has 3 aromatic rings. The molecular formula is C15H9Cl2NO2S. The van der Waals surface area contributed by atoms with Gasteiger partial charge in [-0.3, -0.25) is 9.59 Å². The fraction of sp³-hybridized carbons (Fsp3) is 0.0667. The minimum Gasteiger partial charge on any atom is -0.302 e. The van der Waals surface area contributed by atoms with E-state index in [0.717, 1.165) is 21.6 Å². The molecule has 0 atom stereocenters. The van der Waals surface area contributed by atoms with Crippen LogP contribution in [0, 0.1) is 0 Å².